The van der Waals surface area contributed by atoms with Gasteiger partial charge in [-0.05, 0) is 38.0 Å². The van der Waals surface area contributed by atoms with Crippen molar-refractivity contribution in [3.05, 3.63) is 11.6 Å². The predicted molar refractivity (Wildman–Crippen MR) is 113 cm³/mol. The minimum absolute atomic E-state index is 0. The lowest BCUT2D eigenvalue weighted by molar-refractivity contribution is -0.185. The van der Waals surface area contributed by atoms with E-state index in [0.29, 0.717) is 25.5 Å². The molecule has 1 fully saturated rings. The molecule has 160 valence electrons. The Morgan fingerprint density at radius 2 is 1.96 bits per heavy atom. The molecule has 0 saturated heterocycles. The van der Waals surface area contributed by atoms with Crippen LogP contribution in [-0.2, 0) is 19.5 Å². The Hall–Kier alpha value is -1.07. The molecule has 2 atom stereocenters. The number of aromatic nitrogens is 3. The van der Waals surface area contributed by atoms with Crippen molar-refractivity contribution in [2.75, 3.05) is 13.6 Å². The van der Waals surface area contributed by atoms with Crippen LogP contribution in [0.5, 0.6) is 0 Å². The summed E-state index contributed by atoms with van der Waals surface area (Å²) in [5, 5.41) is 14.9. The summed E-state index contributed by atoms with van der Waals surface area (Å²) < 4.78 is 41.0. The molecule has 3 rings (SSSR count). The Labute approximate surface area is 181 Å². The van der Waals surface area contributed by atoms with Crippen molar-refractivity contribution in [2.24, 2.45) is 16.8 Å². The lowest BCUT2D eigenvalue weighted by Crippen LogP contribution is -2.41. The van der Waals surface area contributed by atoms with Gasteiger partial charge in [-0.1, -0.05) is 12.8 Å². The van der Waals surface area contributed by atoms with E-state index in [9.17, 15) is 13.2 Å². The number of nitrogens with zero attached hydrogens (tertiary/aromatic N) is 4. The van der Waals surface area contributed by atoms with Crippen molar-refractivity contribution in [1.29, 1.82) is 0 Å². The van der Waals surface area contributed by atoms with E-state index in [2.05, 4.69) is 30.4 Å². The summed E-state index contributed by atoms with van der Waals surface area (Å²) in [6.45, 7) is 1.94. The van der Waals surface area contributed by atoms with Gasteiger partial charge in [0.2, 0.25) is 0 Å². The third-order valence-corrected chi connectivity index (χ3v) is 5.63. The van der Waals surface area contributed by atoms with Crippen LogP contribution < -0.4 is 10.6 Å². The second-order valence-corrected chi connectivity index (χ2v) is 7.57. The molecule has 0 spiro atoms. The third kappa shape index (κ3) is 6.21. The number of halogens is 4. The van der Waals surface area contributed by atoms with Gasteiger partial charge in [-0.3, -0.25) is 4.99 Å². The zero-order valence-electron chi connectivity index (χ0n) is 16.3. The van der Waals surface area contributed by atoms with E-state index in [1.807, 2.05) is 0 Å². The molecule has 2 heterocycles. The zero-order valence-corrected chi connectivity index (χ0v) is 18.6. The van der Waals surface area contributed by atoms with Crippen molar-refractivity contribution in [2.45, 2.75) is 70.6 Å². The summed E-state index contributed by atoms with van der Waals surface area (Å²) in [6.07, 6.45) is 2.28. The fourth-order valence-corrected chi connectivity index (χ4v) is 4.07. The maximum Gasteiger partial charge on any atom is 0.391 e. The molecule has 0 amide bonds. The Balaban J connectivity index is 0.00000280. The minimum Gasteiger partial charge on any atom is -0.356 e. The van der Waals surface area contributed by atoms with Gasteiger partial charge >= 0.3 is 6.18 Å². The first-order chi connectivity index (χ1) is 13.0. The fourth-order valence-electron chi connectivity index (χ4n) is 4.07. The molecule has 1 aromatic rings. The maximum absolute atomic E-state index is 13.0. The molecule has 2 aliphatic rings. The van der Waals surface area contributed by atoms with E-state index in [0.717, 1.165) is 43.9 Å². The van der Waals surface area contributed by atoms with Gasteiger partial charge in [-0.15, -0.1) is 34.2 Å². The monoisotopic (exact) mass is 514 g/mol. The van der Waals surface area contributed by atoms with Crippen LogP contribution in [0.25, 0.3) is 0 Å². The van der Waals surface area contributed by atoms with Gasteiger partial charge in [-0.25, -0.2) is 0 Å². The number of aliphatic imine (C=N–C) groups is 1. The molecule has 0 aromatic carbocycles. The zero-order chi connectivity index (χ0) is 19.3. The van der Waals surface area contributed by atoms with Crippen LogP contribution >= 0.6 is 24.0 Å². The van der Waals surface area contributed by atoms with Crippen LogP contribution in [0.2, 0.25) is 0 Å². The fraction of sp³-hybridized carbons (Fsp3) is 0.833. The van der Waals surface area contributed by atoms with Crippen LogP contribution in [0, 0.1) is 11.8 Å². The molecular weight excluding hydrogens is 484 g/mol. The Bertz CT molecular complexity index is 646. The normalized spacial score (nSPS) is 23.4. The van der Waals surface area contributed by atoms with Crippen molar-refractivity contribution in [3.63, 3.8) is 0 Å². The number of fused-ring (bicyclic) bond motifs is 1. The molecule has 0 bridgehead atoms. The quantitative estimate of drug-likeness (QED) is 0.366. The van der Waals surface area contributed by atoms with Gasteiger partial charge in [0.05, 0.1) is 12.5 Å². The summed E-state index contributed by atoms with van der Waals surface area (Å²) in [5.41, 5.74) is 0. The number of aryl methyl sites for hydroxylation is 1. The molecule has 1 saturated carbocycles. The van der Waals surface area contributed by atoms with E-state index in [-0.39, 0.29) is 42.7 Å². The minimum atomic E-state index is -4.08. The molecule has 0 radical (unpaired) electrons. The highest BCUT2D eigenvalue weighted by Crippen LogP contribution is 2.39. The topological polar surface area (TPSA) is 67.1 Å². The van der Waals surface area contributed by atoms with Crippen LogP contribution in [0.4, 0.5) is 13.2 Å². The number of guanidine groups is 1. The highest BCUT2D eigenvalue weighted by atomic mass is 127. The van der Waals surface area contributed by atoms with Gasteiger partial charge in [-0.2, -0.15) is 13.2 Å². The number of hydrogen-bond donors (Lipinski definition) is 2. The van der Waals surface area contributed by atoms with E-state index in [1.54, 1.807) is 7.05 Å². The average molecular weight is 514 g/mol. The molecule has 2 N–H and O–H groups in total. The highest BCUT2D eigenvalue weighted by Gasteiger charge is 2.42. The maximum atomic E-state index is 13.0. The third-order valence-electron chi connectivity index (χ3n) is 5.63. The summed E-state index contributed by atoms with van der Waals surface area (Å²) in [6, 6.07) is 0. The number of nitrogens with one attached hydrogen (secondary N) is 2. The summed E-state index contributed by atoms with van der Waals surface area (Å²) in [7, 11) is 1.67. The first-order valence-electron chi connectivity index (χ1n) is 9.89. The largest absolute Gasteiger partial charge is 0.391 e. The van der Waals surface area contributed by atoms with Crippen molar-refractivity contribution in [3.8, 4) is 0 Å². The first-order valence-corrected chi connectivity index (χ1v) is 9.89. The van der Waals surface area contributed by atoms with E-state index < -0.39 is 12.1 Å². The summed E-state index contributed by atoms with van der Waals surface area (Å²) in [5.74, 6) is 1.36. The van der Waals surface area contributed by atoms with E-state index in [4.69, 9.17) is 0 Å². The first kappa shape index (κ1) is 23.2. The molecule has 1 aliphatic heterocycles. The van der Waals surface area contributed by atoms with Crippen molar-refractivity contribution < 1.29 is 13.2 Å². The predicted octanol–water partition coefficient (Wildman–Crippen LogP) is 3.66. The Morgan fingerprint density at radius 3 is 2.71 bits per heavy atom. The molecule has 1 aromatic heterocycles. The lowest BCUT2D eigenvalue weighted by atomic mass is 9.81. The average Bonchev–Trinajstić information content (AvgIpc) is 2.88. The van der Waals surface area contributed by atoms with Crippen LogP contribution in [0.15, 0.2) is 4.99 Å². The molecule has 28 heavy (non-hydrogen) atoms. The van der Waals surface area contributed by atoms with E-state index >= 15 is 0 Å². The van der Waals surface area contributed by atoms with E-state index in [1.165, 1.54) is 6.42 Å². The molecule has 6 nitrogen and oxygen atoms in total. The van der Waals surface area contributed by atoms with Crippen molar-refractivity contribution in [1.82, 2.24) is 25.4 Å². The Morgan fingerprint density at radius 1 is 1.14 bits per heavy atom. The van der Waals surface area contributed by atoms with Crippen molar-refractivity contribution >= 4 is 29.9 Å². The Kier molecular flexibility index (Phi) is 8.81. The molecule has 2 unspecified atom stereocenters. The van der Waals surface area contributed by atoms with Crippen LogP contribution in [0.3, 0.4) is 0 Å². The number of alkyl halides is 3. The summed E-state index contributed by atoms with van der Waals surface area (Å²) in [4.78, 5) is 4.19. The molecule has 1 aliphatic carbocycles. The van der Waals surface area contributed by atoms with Gasteiger partial charge in [0, 0.05) is 26.6 Å². The smallest absolute Gasteiger partial charge is 0.356 e. The highest BCUT2D eigenvalue weighted by molar-refractivity contribution is 14.0. The lowest BCUT2D eigenvalue weighted by Gasteiger charge is -2.30. The number of rotatable bonds is 4. The second kappa shape index (κ2) is 10.6. The van der Waals surface area contributed by atoms with Crippen LogP contribution in [0.1, 0.15) is 56.6 Å². The van der Waals surface area contributed by atoms with Gasteiger partial charge in [0.25, 0.3) is 0 Å². The standard InChI is InChI=1S/C18H29F3N6.HI/c1-22-17(23-11-13-6-5-7-14(10-13)18(19,20)21)24-12-16-26-25-15-8-3-2-4-9-27(15)16;/h13-14H,2-12H2,1H3,(H2,22,23,24);1H. The van der Waals surface area contributed by atoms with Crippen LogP contribution in [-0.4, -0.2) is 40.5 Å². The second-order valence-electron chi connectivity index (χ2n) is 7.57. The van der Waals surface area contributed by atoms with Gasteiger partial charge < -0.3 is 15.2 Å². The number of hydrogen-bond acceptors (Lipinski definition) is 3. The van der Waals surface area contributed by atoms with Gasteiger partial charge in [0.1, 0.15) is 5.82 Å². The molecule has 10 heteroatoms. The summed E-state index contributed by atoms with van der Waals surface area (Å²) >= 11 is 0. The van der Waals surface area contributed by atoms with Gasteiger partial charge in [0.15, 0.2) is 11.8 Å². The molecular formula is C18H30F3IN6. The SMILES string of the molecule is CN=C(NCc1nnc2n1CCCCC2)NCC1CCCC(C(F)(F)F)C1.I.